The van der Waals surface area contributed by atoms with Crippen LogP contribution in [0.1, 0.15) is 12.8 Å². The Bertz CT molecular complexity index is 1130. The number of halogens is 1. The van der Waals surface area contributed by atoms with Crippen molar-refractivity contribution in [3.8, 4) is 17.1 Å². The number of piperazine rings is 1. The second kappa shape index (κ2) is 9.93. The van der Waals surface area contributed by atoms with E-state index in [-0.39, 0.29) is 11.8 Å². The Labute approximate surface area is 204 Å². The number of hydrogen-bond acceptors (Lipinski definition) is 7. The van der Waals surface area contributed by atoms with E-state index in [0.29, 0.717) is 31.5 Å². The second-order valence-electron chi connectivity index (χ2n) is 8.71. The molecule has 2 fully saturated rings. The lowest BCUT2D eigenvalue weighted by Gasteiger charge is -2.39. The minimum atomic E-state index is -0.0668. The van der Waals surface area contributed by atoms with E-state index < -0.39 is 0 Å². The van der Waals surface area contributed by atoms with Gasteiger partial charge < -0.3 is 24.0 Å². The van der Waals surface area contributed by atoms with Gasteiger partial charge in [0.2, 0.25) is 11.7 Å². The van der Waals surface area contributed by atoms with Crippen LogP contribution in [0.5, 0.6) is 5.75 Å². The summed E-state index contributed by atoms with van der Waals surface area (Å²) in [5, 5.41) is 4.87. The van der Waals surface area contributed by atoms with E-state index in [1.807, 2.05) is 52.3 Å². The van der Waals surface area contributed by atoms with Gasteiger partial charge in [-0.05, 0) is 55.3 Å². The molecule has 0 spiro atoms. The minimum Gasteiger partial charge on any atom is -0.497 e. The first-order valence-corrected chi connectivity index (χ1v) is 12.0. The van der Waals surface area contributed by atoms with E-state index >= 15 is 0 Å². The molecule has 2 aliphatic rings. The molecule has 0 radical (unpaired) electrons. The molecule has 34 heavy (non-hydrogen) atoms. The summed E-state index contributed by atoms with van der Waals surface area (Å²) in [4.78, 5) is 24.2. The molecule has 0 saturated carbocycles. The largest absolute Gasteiger partial charge is 0.497 e. The van der Waals surface area contributed by atoms with Crippen molar-refractivity contribution in [1.82, 2.24) is 15.0 Å². The summed E-state index contributed by atoms with van der Waals surface area (Å²) in [5.41, 5.74) is 1.96. The molecular formula is C25H28ClN5O3. The fourth-order valence-electron chi connectivity index (χ4n) is 4.67. The molecule has 0 aliphatic carbocycles. The summed E-state index contributed by atoms with van der Waals surface area (Å²) in [5.74, 6) is 1.45. The topological polar surface area (TPSA) is 74.9 Å². The van der Waals surface area contributed by atoms with Gasteiger partial charge in [-0.1, -0.05) is 22.8 Å². The van der Waals surface area contributed by atoms with Crippen LogP contribution >= 0.6 is 11.6 Å². The van der Waals surface area contributed by atoms with Crippen LogP contribution in [0.25, 0.3) is 11.4 Å². The number of hydrogen-bond donors (Lipinski definition) is 0. The summed E-state index contributed by atoms with van der Waals surface area (Å²) in [6.45, 7) is 4.43. The highest BCUT2D eigenvalue weighted by Gasteiger charge is 2.32. The first-order valence-electron chi connectivity index (χ1n) is 11.6. The Hall–Kier alpha value is -3.26. The smallest absolute Gasteiger partial charge is 0.324 e. The third kappa shape index (κ3) is 4.82. The average molecular weight is 482 g/mol. The van der Waals surface area contributed by atoms with Gasteiger partial charge >= 0.3 is 6.01 Å². The van der Waals surface area contributed by atoms with Gasteiger partial charge in [-0.15, -0.1) is 0 Å². The van der Waals surface area contributed by atoms with Gasteiger partial charge in [-0.3, -0.25) is 4.79 Å². The van der Waals surface area contributed by atoms with Crippen molar-refractivity contribution >= 4 is 29.2 Å². The standard InChI is InChI=1S/C25H28ClN5O3/c1-33-22-9-7-18(8-10-22)23-27-25(34-28-23)31-11-3-4-19(17-31)24(32)30-14-12-29(13-15-30)21-6-2-5-20(26)16-21/h2,5-10,16,19H,3-4,11-15,17H2,1H3/t19-/m1/s1. The molecule has 0 bridgehead atoms. The number of rotatable bonds is 5. The van der Waals surface area contributed by atoms with Gasteiger partial charge in [-0.2, -0.15) is 4.98 Å². The number of benzene rings is 2. The average Bonchev–Trinajstić information content (AvgIpc) is 3.39. The monoisotopic (exact) mass is 481 g/mol. The molecule has 0 unspecified atom stereocenters. The summed E-state index contributed by atoms with van der Waals surface area (Å²) >= 11 is 6.14. The fraction of sp³-hybridized carbons (Fsp3) is 0.400. The summed E-state index contributed by atoms with van der Waals surface area (Å²) in [6, 6.07) is 15.9. The van der Waals surface area contributed by atoms with Gasteiger partial charge in [0.1, 0.15) is 5.75 Å². The lowest BCUT2D eigenvalue weighted by atomic mass is 9.96. The maximum atomic E-state index is 13.3. The number of anilines is 2. The third-order valence-corrected chi connectivity index (χ3v) is 6.80. The van der Waals surface area contributed by atoms with Crippen molar-refractivity contribution in [1.29, 1.82) is 0 Å². The molecule has 2 aliphatic heterocycles. The number of amides is 1. The molecule has 0 N–H and O–H groups in total. The number of piperidine rings is 1. The molecule has 1 atom stereocenters. The lowest BCUT2D eigenvalue weighted by Crippen LogP contribution is -2.52. The van der Waals surface area contributed by atoms with E-state index in [1.165, 1.54) is 0 Å². The van der Waals surface area contributed by atoms with Gasteiger partial charge in [0.15, 0.2) is 0 Å². The zero-order valence-corrected chi connectivity index (χ0v) is 19.9. The Morgan fingerprint density at radius 2 is 1.85 bits per heavy atom. The zero-order valence-electron chi connectivity index (χ0n) is 19.2. The second-order valence-corrected chi connectivity index (χ2v) is 9.14. The van der Waals surface area contributed by atoms with Crippen LogP contribution in [-0.2, 0) is 4.79 Å². The van der Waals surface area contributed by atoms with Crippen LogP contribution in [0, 0.1) is 5.92 Å². The number of nitrogens with zero attached hydrogens (tertiary/aromatic N) is 5. The lowest BCUT2D eigenvalue weighted by molar-refractivity contribution is -0.136. The van der Waals surface area contributed by atoms with Crippen molar-refractivity contribution in [3.05, 3.63) is 53.6 Å². The maximum Gasteiger partial charge on any atom is 0.324 e. The molecule has 8 nitrogen and oxygen atoms in total. The normalized spacial score (nSPS) is 18.8. The van der Waals surface area contributed by atoms with Crippen molar-refractivity contribution in [2.45, 2.75) is 12.8 Å². The highest BCUT2D eigenvalue weighted by molar-refractivity contribution is 6.30. The van der Waals surface area contributed by atoms with Gasteiger partial charge in [0.25, 0.3) is 0 Å². The SMILES string of the molecule is COc1ccc(-c2noc(N3CCC[C@@H](C(=O)N4CCN(c5cccc(Cl)c5)CC4)C3)n2)cc1. The minimum absolute atomic E-state index is 0.0668. The van der Waals surface area contributed by atoms with E-state index in [0.717, 1.165) is 54.5 Å². The number of carbonyl (C=O) groups is 1. The first-order chi connectivity index (χ1) is 16.6. The molecule has 2 aromatic carbocycles. The molecule has 2 saturated heterocycles. The first kappa shape index (κ1) is 22.5. The van der Waals surface area contributed by atoms with E-state index in [4.69, 9.17) is 20.9 Å². The van der Waals surface area contributed by atoms with E-state index in [2.05, 4.69) is 21.1 Å². The molecule has 178 valence electrons. The quantitative estimate of drug-likeness (QED) is 0.546. The van der Waals surface area contributed by atoms with Gasteiger partial charge in [-0.25, -0.2) is 0 Å². The highest BCUT2D eigenvalue weighted by Crippen LogP contribution is 2.27. The molecule has 9 heteroatoms. The molecule has 1 aromatic heterocycles. The van der Waals surface area contributed by atoms with E-state index in [1.54, 1.807) is 7.11 Å². The maximum absolute atomic E-state index is 13.3. The third-order valence-electron chi connectivity index (χ3n) is 6.57. The summed E-state index contributed by atoms with van der Waals surface area (Å²) < 4.78 is 10.8. The summed E-state index contributed by atoms with van der Waals surface area (Å²) in [6.07, 6.45) is 1.79. The van der Waals surface area contributed by atoms with Crippen LogP contribution < -0.4 is 14.5 Å². The highest BCUT2D eigenvalue weighted by atomic mass is 35.5. The predicted octanol–water partition coefficient (Wildman–Crippen LogP) is 3.96. The Kier molecular flexibility index (Phi) is 6.58. The van der Waals surface area contributed by atoms with Crippen molar-refractivity contribution < 1.29 is 14.1 Å². The van der Waals surface area contributed by atoms with Crippen LogP contribution in [0.2, 0.25) is 5.02 Å². The Balaban J connectivity index is 1.19. The number of aromatic nitrogens is 2. The number of methoxy groups -OCH3 is 1. The number of ether oxygens (including phenoxy) is 1. The predicted molar refractivity (Wildman–Crippen MR) is 131 cm³/mol. The fourth-order valence-corrected chi connectivity index (χ4v) is 4.85. The molecule has 3 heterocycles. The van der Waals surface area contributed by atoms with Crippen LogP contribution in [0.4, 0.5) is 11.7 Å². The molecule has 1 amide bonds. The van der Waals surface area contributed by atoms with Gasteiger partial charge in [0.05, 0.1) is 13.0 Å². The molecular weight excluding hydrogens is 454 g/mol. The van der Waals surface area contributed by atoms with Crippen LogP contribution in [0.3, 0.4) is 0 Å². The van der Waals surface area contributed by atoms with Crippen molar-refractivity contribution in [2.75, 3.05) is 56.2 Å². The summed E-state index contributed by atoms with van der Waals surface area (Å²) in [7, 11) is 1.63. The van der Waals surface area contributed by atoms with Crippen molar-refractivity contribution in [3.63, 3.8) is 0 Å². The van der Waals surface area contributed by atoms with Crippen molar-refractivity contribution in [2.24, 2.45) is 5.92 Å². The van der Waals surface area contributed by atoms with Crippen LogP contribution in [-0.4, -0.2) is 67.3 Å². The Morgan fingerprint density at radius 3 is 2.59 bits per heavy atom. The molecule has 3 aromatic rings. The molecule has 5 rings (SSSR count). The van der Waals surface area contributed by atoms with Gasteiger partial charge in [0, 0.05) is 55.5 Å². The number of carbonyl (C=O) groups excluding carboxylic acids is 1. The Morgan fingerprint density at radius 1 is 1.06 bits per heavy atom. The van der Waals surface area contributed by atoms with Crippen LogP contribution in [0.15, 0.2) is 53.1 Å². The zero-order chi connectivity index (χ0) is 23.5. The van der Waals surface area contributed by atoms with E-state index in [9.17, 15) is 4.79 Å².